The van der Waals surface area contributed by atoms with Gasteiger partial charge in [-0.25, -0.2) is 15.0 Å². The Morgan fingerprint density at radius 3 is 1.76 bits per heavy atom. The second-order valence-corrected chi connectivity index (χ2v) is 13.5. The maximum absolute atomic E-state index is 13.5. The Balaban J connectivity index is 0.000000170. The lowest BCUT2D eigenvalue weighted by atomic mass is 10.1. The molecule has 3 N–H and O–H groups in total. The maximum Gasteiger partial charge on any atom is 0.264 e. The fraction of sp³-hybridized carbons (Fsp3) is 0.103. The lowest BCUT2D eigenvalue weighted by molar-refractivity contribution is 0.734. The van der Waals surface area contributed by atoms with Crippen LogP contribution >= 0.6 is 34.5 Å². The zero-order valence-electron chi connectivity index (χ0n) is 27.5. The van der Waals surface area contributed by atoms with Gasteiger partial charge in [-0.3, -0.25) is 18.7 Å². The van der Waals surface area contributed by atoms with E-state index in [0.717, 1.165) is 38.4 Å². The zero-order chi connectivity index (χ0) is 35.6. The first-order valence-electron chi connectivity index (χ1n) is 16.1. The van der Waals surface area contributed by atoms with E-state index in [4.69, 9.17) is 28.9 Å². The molecule has 9 nitrogen and oxygen atoms in total. The van der Waals surface area contributed by atoms with Crippen LogP contribution in [-0.4, -0.2) is 24.1 Å². The smallest absolute Gasteiger partial charge is 0.264 e. The van der Waals surface area contributed by atoms with Gasteiger partial charge in [-0.15, -0.1) is 11.3 Å². The molecule has 0 fully saturated rings. The van der Waals surface area contributed by atoms with Gasteiger partial charge in [0.1, 0.15) is 16.7 Å². The molecule has 0 spiro atoms. The highest BCUT2D eigenvalue weighted by Crippen LogP contribution is 2.29. The minimum Gasteiger partial charge on any atom is -0.360 e. The fourth-order valence-corrected chi connectivity index (χ4v) is 7.25. The molecule has 12 heteroatoms. The topological polar surface area (TPSA) is 121 Å². The van der Waals surface area contributed by atoms with Gasteiger partial charge in [0, 0.05) is 28.8 Å². The van der Waals surface area contributed by atoms with Crippen molar-refractivity contribution in [1.82, 2.24) is 24.1 Å². The second-order valence-electron chi connectivity index (χ2n) is 11.9. The molecule has 0 aliphatic carbocycles. The third kappa shape index (κ3) is 6.62. The summed E-state index contributed by atoms with van der Waals surface area (Å²) in [6, 6.07) is 33.4. The maximum atomic E-state index is 13.5. The summed E-state index contributed by atoms with van der Waals surface area (Å²) in [5.74, 6) is 0.631. The van der Waals surface area contributed by atoms with Crippen LogP contribution in [0.4, 0.5) is 5.82 Å². The molecule has 0 aliphatic heterocycles. The summed E-state index contributed by atoms with van der Waals surface area (Å²) < 4.78 is 3.34. The highest BCUT2D eigenvalue weighted by Gasteiger charge is 2.20. The van der Waals surface area contributed by atoms with Crippen LogP contribution in [0.1, 0.15) is 37.3 Å². The Morgan fingerprint density at radius 1 is 0.686 bits per heavy atom. The van der Waals surface area contributed by atoms with Crippen molar-refractivity contribution < 1.29 is 0 Å². The standard InChI is InChI=1S/C22H16ClN5OS.C17H15ClN2O/c1-13(27-20-19-21(25-11-24-20)30-12-26-19)17-10-14-6-5-9-16(23)18(14)22(29)28(17)15-7-3-2-4-8-15;1-11(19)15-10-12-6-5-9-14(18)16(12)17(21)20(15)13-7-3-2-4-8-13/h2-13H,1H3,(H,24,25,27);2-11H,19H2,1H3/t13-;11-/m00/s1. The number of nitrogens with zero attached hydrogens (tertiary/aromatic N) is 5. The molecule has 8 rings (SSSR count). The number of hydrogen-bond acceptors (Lipinski definition) is 8. The first kappa shape index (κ1) is 34.1. The summed E-state index contributed by atoms with van der Waals surface area (Å²) in [7, 11) is 0. The molecular formula is C39H31Cl2N7O2S. The quantitative estimate of drug-likeness (QED) is 0.175. The molecule has 4 aromatic heterocycles. The molecule has 0 amide bonds. The highest BCUT2D eigenvalue weighted by atomic mass is 35.5. The van der Waals surface area contributed by atoms with Gasteiger partial charge in [0.15, 0.2) is 5.82 Å². The van der Waals surface area contributed by atoms with E-state index >= 15 is 0 Å². The Labute approximate surface area is 306 Å². The van der Waals surface area contributed by atoms with E-state index in [-0.39, 0.29) is 23.2 Å². The van der Waals surface area contributed by atoms with Crippen LogP contribution < -0.4 is 22.2 Å². The third-order valence-corrected chi connectivity index (χ3v) is 9.84. The monoisotopic (exact) mass is 731 g/mol. The number of anilines is 1. The molecule has 4 heterocycles. The molecule has 0 bridgehead atoms. The van der Waals surface area contributed by atoms with Crippen LogP contribution in [0.3, 0.4) is 0 Å². The van der Waals surface area contributed by atoms with Crippen LogP contribution in [0.25, 0.3) is 43.3 Å². The number of aromatic nitrogens is 5. The van der Waals surface area contributed by atoms with Crippen LogP contribution in [0, 0.1) is 0 Å². The highest BCUT2D eigenvalue weighted by molar-refractivity contribution is 7.16. The van der Waals surface area contributed by atoms with E-state index < -0.39 is 0 Å². The number of fused-ring (bicyclic) bond motifs is 3. The summed E-state index contributed by atoms with van der Waals surface area (Å²) in [6.45, 7) is 3.86. The van der Waals surface area contributed by atoms with Crippen LogP contribution in [0.15, 0.2) is 131 Å². The molecule has 0 saturated heterocycles. The Bertz CT molecular complexity index is 2640. The van der Waals surface area contributed by atoms with Gasteiger partial charge in [0.05, 0.1) is 32.4 Å². The predicted molar refractivity (Wildman–Crippen MR) is 209 cm³/mol. The normalized spacial score (nSPS) is 12.4. The summed E-state index contributed by atoms with van der Waals surface area (Å²) in [6.07, 6.45) is 1.51. The van der Waals surface area contributed by atoms with Crippen molar-refractivity contribution in [3.8, 4) is 11.4 Å². The summed E-state index contributed by atoms with van der Waals surface area (Å²) >= 11 is 14.1. The molecule has 4 aromatic carbocycles. The number of nitrogens with one attached hydrogen (secondary N) is 1. The van der Waals surface area contributed by atoms with Gasteiger partial charge in [-0.2, -0.15) is 0 Å². The van der Waals surface area contributed by atoms with Gasteiger partial charge in [0.2, 0.25) is 0 Å². The van der Waals surface area contributed by atoms with Crippen LogP contribution in [-0.2, 0) is 0 Å². The summed E-state index contributed by atoms with van der Waals surface area (Å²) in [5, 5.41) is 6.93. The van der Waals surface area contributed by atoms with E-state index in [1.165, 1.54) is 17.7 Å². The molecule has 254 valence electrons. The molecule has 0 radical (unpaired) electrons. The number of halogens is 2. The Hall–Kier alpha value is -5.39. The van der Waals surface area contributed by atoms with E-state index in [1.807, 2.05) is 111 Å². The third-order valence-electron chi connectivity index (χ3n) is 8.48. The largest absolute Gasteiger partial charge is 0.360 e. The lowest BCUT2D eigenvalue weighted by Gasteiger charge is -2.21. The molecule has 2 atom stereocenters. The first-order chi connectivity index (χ1) is 24.7. The first-order valence-corrected chi connectivity index (χ1v) is 17.7. The second kappa shape index (κ2) is 14.5. The zero-order valence-corrected chi connectivity index (χ0v) is 29.8. The van der Waals surface area contributed by atoms with Gasteiger partial charge >= 0.3 is 0 Å². The lowest BCUT2D eigenvalue weighted by Crippen LogP contribution is -2.25. The molecular weight excluding hydrogens is 701 g/mol. The number of para-hydroxylation sites is 2. The summed E-state index contributed by atoms with van der Waals surface area (Å²) in [5.41, 5.74) is 11.3. The van der Waals surface area contributed by atoms with Crippen molar-refractivity contribution in [3.63, 3.8) is 0 Å². The molecule has 0 aliphatic rings. The van der Waals surface area contributed by atoms with Crippen molar-refractivity contribution in [1.29, 1.82) is 0 Å². The van der Waals surface area contributed by atoms with Crippen LogP contribution in [0.2, 0.25) is 10.0 Å². The van der Waals surface area contributed by atoms with Crippen LogP contribution in [0.5, 0.6) is 0 Å². The number of rotatable bonds is 6. The van der Waals surface area contributed by atoms with Crippen molar-refractivity contribution in [2.24, 2.45) is 5.73 Å². The SMILES string of the molecule is C[C@H](N)c1cc2cccc(Cl)c2c(=O)n1-c1ccccc1.C[C@H](Nc1ncnc2scnc12)c1cc2cccc(Cl)c2c(=O)n1-c1ccccc1. The molecule has 0 saturated carbocycles. The van der Waals surface area contributed by atoms with Crippen molar-refractivity contribution >= 4 is 72.2 Å². The van der Waals surface area contributed by atoms with Gasteiger partial charge < -0.3 is 11.1 Å². The average Bonchev–Trinajstić information content (AvgIpc) is 3.62. The average molecular weight is 733 g/mol. The number of hydrogen-bond donors (Lipinski definition) is 2. The number of nitrogens with two attached hydrogens (primary N) is 1. The van der Waals surface area contributed by atoms with Gasteiger partial charge in [-0.1, -0.05) is 83.9 Å². The summed E-state index contributed by atoms with van der Waals surface area (Å²) in [4.78, 5) is 40.2. The Morgan fingerprint density at radius 2 is 1.22 bits per heavy atom. The van der Waals surface area contributed by atoms with Crippen molar-refractivity contribution in [3.05, 3.63) is 163 Å². The predicted octanol–water partition coefficient (Wildman–Crippen LogP) is 8.88. The van der Waals surface area contributed by atoms with Crippen molar-refractivity contribution in [2.45, 2.75) is 25.9 Å². The molecule has 51 heavy (non-hydrogen) atoms. The number of pyridine rings is 2. The van der Waals surface area contributed by atoms with E-state index in [2.05, 4.69) is 20.3 Å². The number of benzene rings is 4. The van der Waals surface area contributed by atoms with E-state index in [9.17, 15) is 9.59 Å². The minimum atomic E-state index is -0.263. The fourth-order valence-electron chi connectivity index (χ4n) is 6.10. The van der Waals surface area contributed by atoms with E-state index in [0.29, 0.717) is 32.2 Å². The Kier molecular flexibility index (Phi) is 9.66. The minimum absolute atomic E-state index is 0.142. The number of thiazole rings is 1. The van der Waals surface area contributed by atoms with E-state index in [1.54, 1.807) is 26.8 Å². The van der Waals surface area contributed by atoms with Gasteiger partial charge in [-0.05, 0) is 73.2 Å². The van der Waals surface area contributed by atoms with Crippen molar-refractivity contribution in [2.75, 3.05) is 5.32 Å². The van der Waals surface area contributed by atoms with Gasteiger partial charge in [0.25, 0.3) is 11.1 Å². The molecule has 8 aromatic rings. The molecule has 0 unspecified atom stereocenters.